The Morgan fingerprint density at radius 3 is 2.55 bits per heavy atom. The number of hydrogen-bond acceptors (Lipinski definition) is 2. The molecule has 0 bridgehead atoms. The van der Waals surface area contributed by atoms with E-state index in [4.69, 9.17) is 16.3 Å². The maximum absolute atomic E-state index is 13.1. The van der Waals surface area contributed by atoms with Gasteiger partial charge >= 0.3 is 0 Å². The van der Waals surface area contributed by atoms with Crippen LogP contribution in [-0.2, 0) is 6.61 Å². The molecule has 0 heterocycles. The first kappa shape index (κ1) is 14.8. The topological polar surface area (TPSA) is 21.3 Å². The van der Waals surface area contributed by atoms with Crippen molar-refractivity contribution in [1.29, 1.82) is 0 Å². The van der Waals surface area contributed by atoms with Crippen molar-refractivity contribution in [3.05, 3.63) is 64.4 Å². The largest absolute Gasteiger partial charge is 0.489 e. The molecule has 0 amide bonds. The van der Waals surface area contributed by atoms with Gasteiger partial charge in [0.05, 0.1) is 0 Å². The van der Waals surface area contributed by atoms with Crippen LogP contribution in [0.2, 0.25) is 5.02 Å². The highest BCUT2D eigenvalue weighted by molar-refractivity contribution is 6.31. The van der Waals surface area contributed by atoms with Crippen LogP contribution in [0.4, 0.5) is 4.39 Å². The number of halogens is 2. The quantitative estimate of drug-likeness (QED) is 0.885. The Kier molecular flexibility index (Phi) is 4.99. The predicted molar refractivity (Wildman–Crippen MR) is 79.7 cm³/mol. The van der Waals surface area contributed by atoms with Gasteiger partial charge in [-0.2, -0.15) is 0 Å². The number of rotatable bonds is 5. The van der Waals surface area contributed by atoms with E-state index in [1.165, 1.54) is 23.8 Å². The third-order valence-electron chi connectivity index (χ3n) is 3.22. The second-order valence-electron chi connectivity index (χ2n) is 4.60. The van der Waals surface area contributed by atoms with Crippen LogP contribution in [0.15, 0.2) is 42.5 Å². The van der Waals surface area contributed by atoms with E-state index >= 15 is 0 Å². The van der Waals surface area contributed by atoms with Crippen LogP contribution in [0, 0.1) is 5.82 Å². The van der Waals surface area contributed by atoms with Gasteiger partial charge in [0.1, 0.15) is 18.2 Å². The van der Waals surface area contributed by atoms with Gasteiger partial charge in [-0.3, -0.25) is 0 Å². The molecule has 106 valence electrons. The van der Waals surface area contributed by atoms with E-state index < -0.39 is 0 Å². The van der Waals surface area contributed by atoms with Crippen LogP contribution >= 0.6 is 11.6 Å². The number of ether oxygens (including phenoxy) is 1. The Bertz CT molecular complexity index is 571. The molecule has 2 aromatic carbocycles. The second-order valence-corrected chi connectivity index (χ2v) is 5.01. The lowest BCUT2D eigenvalue weighted by atomic mass is 10.1. The minimum atomic E-state index is -0.314. The summed E-state index contributed by atoms with van der Waals surface area (Å²) in [5, 5.41) is 3.68. The molecule has 0 aliphatic heterocycles. The molecule has 2 rings (SSSR count). The summed E-state index contributed by atoms with van der Waals surface area (Å²) in [6.07, 6.45) is 0. The third kappa shape index (κ3) is 3.71. The SMILES string of the molecule is CNC(C)c1ccc(OCc2cc(F)ccc2Cl)cc1. The molecule has 4 heteroatoms. The van der Waals surface area contributed by atoms with Crippen molar-refractivity contribution >= 4 is 11.6 Å². The van der Waals surface area contributed by atoms with Crippen molar-refractivity contribution in [2.45, 2.75) is 19.6 Å². The summed E-state index contributed by atoms with van der Waals surface area (Å²) in [4.78, 5) is 0. The van der Waals surface area contributed by atoms with Crippen LogP contribution in [-0.4, -0.2) is 7.05 Å². The molecule has 0 aromatic heterocycles. The molecule has 0 aliphatic rings. The number of benzene rings is 2. The summed E-state index contributed by atoms with van der Waals surface area (Å²) in [5.74, 6) is 0.420. The summed E-state index contributed by atoms with van der Waals surface area (Å²) in [5.41, 5.74) is 1.82. The van der Waals surface area contributed by atoms with Crippen LogP contribution in [0.1, 0.15) is 24.1 Å². The highest BCUT2D eigenvalue weighted by Gasteiger charge is 2.05. The predicted octanol–water partition coefficient (Wildman–Crippen LogP) is 4.34. The Morgan fingerprint density at radius 2 is 1.90 bits per heavy atom. The minimum absolute atomic E-state index is 0.248. The lowest BCUT2D eigenvalue weighted by Gasteiger charge is -2.12. The van der Waals surface area contributed by atoms with Gasteiger partial charge in [-0.1, -0.05) is 23.7 Å². The number of nitrogens with one attached hydrogen (secondary N) is 1. The first-order valence-electron chi connectivity index (χ1n) is 6.44. The zero-order chi connectivity index (χ0) is 14.5. The van der Waals surface area contributed by atoms with E-state index in [0.29, 0.717) is 16.6 Å². The van der Waals surface area contributed by atoms with E-state index in [-0.39, 0.29) is 12.4 Å². The highest BCUT2D eigenvalue weighted by atomic mass is 35.5. The fraction of sp³-hybridized carbons (Fsp3) is 0.250. The summed E-state index contributed by atoms with van der Waals surface area (Å²) in [7, 11) is 1.92. The first-order chi connectivity index (χ1) is 9.60. The average molecular weight is 294 g/mol. The van der Waals surface area contributed by atoms with Gasteiger partial charge in [0, 0.05) is 16.6 Å². The standard InChI is InChI=1S/C16H17ClFNO/c1-11(19-2)12-3-6-15(7-4-12)20-10-13-9-14(18)5-8-16(13)17/h3-9,11,19H,10H2,1-2H3. The van der Waals surface area contributed by atoms with Crippen LogP contribution in [0.25, 0.3) is 0 Å². The summed E-state index contributed by atoms with van der Waals surface area (Å²) in [6, 6.07) is 12.4. The summed E-state index contributed by atoms with van der Waals surface area (Å²) in [6.45, 7) is 2.33. The molecule has 0 fully saturated rings. The lowest BCUT2D eigenvalue weighted by molar-refractivity contribution is 0.305. The van der Waals surface area contributed by atoms with E-state index in [9.17, 15) is 4.39 Å². The smallest absolute Gasteiger partial charge is 0.123 e. The van der Waals surface area contributed by atoms with Gasteiger partial charge < -0.3 is 10.1 Å². The van der Waals surface area contributed by atoms with Crippen molar-refractivity contribution in [3.63, 3.8) is 0 Å². The van der Waals surface area contributed by atoms with Gasteiger partial charge in [-0.25, -0.2) is 4.39 Å². The van der Waals surface area contributed by atoms with Crippen LogP contribution < -0.4 is 10.1 Å². The average Bonchev–Trinajstić information content (AvgIpc) is 2.48. The van der Waals surface area contributed by atoms with Crippen molar-refractivity contribution in [2.24, 2.45) is 0 Å². The van der Waals surface area contributed by atoms with E-state index in [1.807, 2.05) is 31.3 Å². The Balaban J connectivity index is 2.02. The highest BCUT2D eigenvalue weighted by Crippen LogP contribution is 2.21. The van der Waals surface area contributed by atoms with Gasteiger partial charge in [0.15, 0.2) is 0 Å². The fourth-order valence-electron chi connectivity index (χ4n) is 1.83. The van der Waals surface area contributed by atoms with E-state index in [1.54, 1.807) is 0 Å². The van der Waals surface area contributed by atoms with E-state index in [0.717, 1.165) is 5.75 Å². The fourth-order valence-corrected chi connectivity index (χ4v) is 2.01. The zero-order valence-corrected chi connectivity index (χ0v) is 12.2. The lowest BCUT2D eigenvalue weighted by Crippen LogP contribution is -2.11. The molecule has 1 unspecified atom stereocenters. The van der Waals surface area contributed by atoms with Crippen LogP contribution in [0.3, 0.4) is 0 Å². The molecule has 0 spiro atoms. The third-order valence-corrected chi connectivity index (χ3v) is 3.58. The molecule has 1 atom stereocenters. The summed E-state index contributed by atoms with van der Waals surface area (Å²) >= 11 is 5.99. The molecule has 1 N–H and O–H groups in total. The van der Waals surface area contributed by atoms with Crippen molar-refractivity contribution in [2.75, 3.05) is 7.05 Å². The maximum atomic E-state index is 13.1. The van der Waals surface area contributed by atoms with Gasteiger partial charge in [-0.05, 0) is 49.9 Å². The molecule has 0 saturated heterocycles. The summed E-state index contributed by atoms with van der Waals surface area (Å²) < 4.78 is 18.8. The Labute approximate surface area is 123 Å². The Hall–Kier alpha value is -1.58. The molecular formula is C16H17ClFNO. The molecule has 0 aliphatic carbocycles. The zero-order valence-electron chi connectivity index (χ0n) is 11.5. The van der Waals surface area contributed by atoms with Crippen molar-refractivity contribution in [1.82, 2.24) is 5.32 Å². The normalized spacial score (nSPS) is 12.2. The van der Waals surface area contributed by atoms with Crippen molar-refractivity contribution < 1.29 is 9.13 Å². The Morgan fingerprint density at radius 1 is 1.20 bits per heavy atom. The molecule has 0 saturated carbocycles. The maximum Gasteiger partial charge on any atom is 0.123 e. The van der Waals surface area contributed by atoms with Gasteiger partial charge in [0.2, 0.25) is 0 Å². The first-order valence-corrected chi connectivity index (χ1v) is 6.82. The van der Waals surface area contributed by atoms with Crippen molar-refractivity contribution in [3.8, 4) is 5.75 Å². The molecule has 2 aromatic rings. The van der Waals surface area contributed by atoms with Gasteiger partial charge in [-0.15, -0.1) is 0 Å². The minimum Gasteiger partial charge on any atom is -0.489 e. The molecule has 2 nitrogen and oxygen atoms in total. The number of hydrogen-bond donors (Lipinski definition) is 1. The molecular weight excluding hydrogens is 277 g/mol. The molecule has 20 heavy (non-hydrogen) atoms. The second kappa shape index (κ2) is 6.73. The van der Waals surface area contributed by atoms with E-state index in [2.05, 4.69) is 12.2 Å². The van der Waals surface area contributed by atoms with Gasteiger partial charge in [0.25, 0.3) is 0 Å². The molecule has 0 radical (unpaired) electrons. The van der Waals surface area contributed by atoms with Crippen LogP contribution in [0.5, 0.6) is 5.75 Å². The monoisotopic (exact) mass is 293 g/mol.